The van der Waals surface area contributed by atoms with Gasteiger partial charge in [-0.15, -0.1) is 0 Å². The molecule has 0 heterocycles. The van der Waals surface area contributed by atoms with Crippen LogP contribution in [0.3, 0.4) is 0 Å². The summed E-state index contributed by atoms with van der Waals surface area (Å²) >= 11 is 5.92. The standard InChI is InChI=1S/C11H11ClN2/c12-8-4-7(6-13)9-2-1-3-11(14)10(9)5-8/h4-5,11H,1-3,14H2/t11-/m0/s1. The Bertz CT molecular complexity index is 406. The third-order valence-electron chi connectivity index (χ3n) is 2.71. The van der Waals surface area contributed by atoms with Crippen molar-refractivity contribution < 1.29 is 0 Å². The van der Waals surface area contributed by atoms with Gasteiger partial charge in [0.2, 0.25) is 0 Å². The quantitative estimate of drug-likeness (QED) is 0.709. The summed E-state index contributed by atoms with van der Waals surface area (Å²) in [4.78, 5) is 0. The Morgan fingerprint density at radius 1 is 1.50 bits per heavy atom. The number of fused-ring (bicyclic) bond motifs is 1. The average molecular weight is 207 g/mol. The first-order valence-electron chi connectivity index (χ1n) is 4.70. The summed E-state index contributed by atoms with van der Waals surface area (Å²) in [6.45, 7) is 0. The summed E-state index contributed by atoms with van der Waals surface area (Å²) in [6.07, 6.45) is 2.99. The second kappa shape index (κ2) is 3.61. The molecule has 0 saturated heterocycles. The van der Waals surface area contributed by atoms with Crippen LogP contribution in [0.25, 0.3) is 0 Å². The molecule has 1 aliphatic carbocycles. The number of hydrogen-bond donors (Lipinski definition) is 1. The molecule has 2 nitrogen and oxygen atoms in total. The molecule has 72 valence electrons. The molecule has 0 unspecified atom stereocenters. The molecule has 0 aliphatic heterocycles. The van der Waals surface area contributed by atoms with Gasteiger partial charge >= 0.3 is 0 Å². The highest BCUT2D eigenvalue weighted by Gasteiger charge is 2.20. The van der Waals surface area contributed by atoms with E-state index < -0.39 is 0 Å². The Morgan fingerprint density at radius 3 is 3.00 bits per heavy atom. The third-order valence-corrected chi connectivity index (χ3v) is 2.93. The van der Waals surface area contributed by atoms with Crippen molar-refractivity contribution in [3.63, 3.8) is 0 Å². The molecule has 14 heavy (non-hydrogen) atoms. The minimum Gasteiger partial charge on any atom is -0.324 e. The SMILES string of the molecule is N#Cc1cc(Cl)cc2c1CCC[C@@H]2N. The molecule has 0 amide bonds. The Morgan fingerprint density at radius 2 is 2.29 bits per heavy atom. The molecule has 0 spiro atoms. The Balaban J connectivity index is 2.62. The topological polar surface area (TPSA) is 49.8 Å². The maximum absolute atomic E-state index is 8.95. The van der Waals surface area contributed by atoms with Crippen LogP contribution in [-0.4, -0.2) is 0 Å². The van der Waals surface area contributed by atoms with Gasteiger partial charge in [0.1, 0.15) is 0 Å². The van der Waals surface area contributed by atoms with Crippen LogP contribution >= 0.6 is 11.6 Å². The highest BCUT2D eigenvalue weighted by molar-refractivity contribution is 6.30. The zero-order chi connectivity index (χ0) is 10.1. The summed E-state index contributed by atoms with van der Waals surface area (Å²) in [6, 6.07) is 5.83. The molecule has 1 aromatic carbocycles. The van der Waals surface area contributed by atoms with E-state index >= 15 is 0 Å². The molecule has 0 fully saturated rings. The number of rotatable bonds is 0. The molecule has 1 atom stereocenters. The van der Waals surface area contributed by atoms with Crippen LogP contribution in [0.5, 0.6) is 0 Å². The lowest BCUT2D eigenvalue weighted by molar-refractivity contribution is 0.570. The van der Waals surface area contributed by atoms with Crippen LogP contribution in [0.2, 0.25) is 5.02 Å². The maximum atomic E-state index is 8.95. The minimum atomic E-state index is 0.0459. The van der Waals surface area contributed by atoms with Crippen LogP contribution in [-0.2, 0) is 6.42 Å². The lowest BCUT2D eigenvalue weighted by atomic mass is 9.85. The van der Waals surface area contributed by atoms with Crippen molar-refractivity contribution in [3.8, 4) is 6.07 Å². The van der Waals surface area contributed by atoms with Gasteiger partial charge in [-0.2, -0.15) is 5.26 Å². The van der Waals surface area contributed by atoms with Crippen LogP contribution in [0.1, 0.15) is 35.6 Å². The van der Waals surface area contributed by atoms with Gasteiger partial charge in [0.15, 0.2) is 0 Å². The molecule has 0 saturated carbocycles. The predicted molar refractivity (Wildman–Crippen MR) is 56.0 cm³/mol. The molecule has 0 radical (unpaired) electrons. The van der Waals surface area contributed by atoms with E-state index in [0.717, 1.165) is 30.4 Å². The molecule has 3 heteroatoms. The van der Waals surface area contributed by atoms with Gasteiger partial charge in [-0.1, -0.05) is 11.6 Å². The molecule has 2 rings (SSSR count). The van der Waals surface area contributed by atoms with E-state index in [0.29, 0.717) is 10.6 Å². The van der Waals surface area contributed by atoms with E-state index in [4.69, 9.17) is 22.6 Å². The third kappa shape index (κ3) is 1.50. The molecule has 1 aromatic rings. The molecule has 0 bridgehead atoms. The van der Waals surface area contributed by atoms with E-state index in [1.165, 1.54) is 0 Å². The van der Waals surface area contributed by atoms with Crippen LogP contribution < -0.4 is 5.73 Å². The average Bonchev–Trinajstić information content (AvgIpc) is 2.18. The number of halogens is 1. The smallest absolute Gasteiger partial charge is 0.0995 e. The highest BCUT2D eigenvalue weighted by atomic mass is 35.5. The highest BCUT2D eigenvalue weighted by Crippen LogP contribution is 2.32. The first kappa shape index (κ1) is 9.51. The van der Waals surface area contributed by atoms with Gasteiger partial charge in [0.05, 0.1) is 11.6 Å². The van der Waals surface area contributed by atoms with Crippen LogP contribution in [0, 0.1) is 11.3 Å². The maximum Gasteiger partial charge on any atom is 0.0995 e. The first-order chi connectivity index (χ1) is 6.72. The lowest BCUT2D eigenvalue weighted by Crippen LogP contribution is -2.18. The lowest BCUT2D eigenvalue weighted by Gasteiger charge is -2.23. The number of nitriles is 1. The molecule has 2 N–H and O–H groups in total. The zero-order valence-electron chi connectivity index (χ0n) is 7.76. The Kier molecular flexibility index (Phi) is 2.45. The van der Waals surface area contributed by atoms with Gasteiger partial charge < -0.3 is 5.73 Å². The van der Waals surface area contributed by atoms with E-state index in [9.17, 15) is 0 Å². The summed E-state index contributed by atoms with van der Waals surface area (Å²) in [5.41, 5.74) is 8.80. The first-order valence-corrected chi connectivity index (χ1v) is 5.08. The van der Waals surface area contributed by atoms with E-state index in [1.807, 2.05) is 6.07 Å². The molecule has 0 aromatic heterocycles. The zero-order valence-corrected chi connectivity index (χ0v) is 8.51. The Hall–Kier alpha value is -1.04. The van der Waals surface area contributed by atoms with Crippen molar-refractivity contribution in [2.75, 3.05) is 0 Å². The van der Waals surface area contributed by atoms with Crippen molar-refractivity contribution in [1.29, 1.82) is 5.26 Å². The van der Waals surface area contributed by atoms with E-state index in [2.05, 4.69) is 6.07 Å². The van der Waals surface area contributed by atoms with Gasteiger partial charge in [0, 0.05) is 11.1 Å². The van der Waals surface area contributed by atoms with Crippen molar-refractivity contribution in [1.82, 2.24) is 0 Å². The fourth-order valence-electron chi connectivity index (χ4n) is 2.02. The predicted octanol–water partition coefficient (Wildman–Crippen LogP) is 2.55. The van der Waals surface area contributed by atoms with Gasteiger partial charge in [-0.3, -0.25) is 0 Å². The number of benzene rings is 1. The van der Waals surface area contributed by atoms with Crippen molar-refractivity contribution >= 4 is 11.6 Å². The molecular weight excluding hydrogens is 196 g/mol. The van der Waals surface area contributed by atoms with Crippen LogP contribution in [0.4, 0.5) is 0 Å². The summed E-state index contributed by atoms with van der Waals surface area (Å²) in [7, 11) is 0. The van der Waals surface area contributed by atoms with Crippen LogP contribution in [0.15, 0.2) is 12.1 Å². The summed E-state index contributed by atoms with van der Waals surface area (Å²) in [5, 5.41) is 9.56. The van der Waals surface area contributed by atoms with Crippen molar-refractivity contribution in [3.05, 3.63) is 33.8 Å². The number of hydrogen-bond acceptors (Lipinski definition) is 2. The normalized spacial score (nSPS) is 19.9. The van der Waals surface area contributed by atoms with E-state index in [-0.39, 0.29) is 6.04 Å². The minimum absolute atomic E-state index is 0.0459. The number of nitrogens with two attached hydrogens (primary N) is 1. The molecular formula is C11H11ClN2. The fraction of sp³-hybridized carbons (Fsp3) is 0.364. The van der Waals surface area contributed by atoms with Crippen molar-refractivity contribution in [2.24, 2.45) is 5.73 Å². The monoisotopic (exact) mass is 206 g/mol. The van der Waals surface area contributed by atoms with Gasteiger partial charge in [-0.05, 0) is 42.5 Å². The molecule has 1 aliphatic rings. The van der Waals surface area contributed by atoms with E-state index in [1.54, 1.807) is 6.07 Å². The largest absolute Gasteiger partial charge is 0.324 e. The summed E-state index contributed by atoms with van der Waals surface area (Å²) < 4.78 is 0. The second-order valence-corrected chi connectivity index (χ2v) is 4.07. The Labute approximate surface area is 88.3 Å². The summed E-state index contributed by atoms with van der Waals surface area (Å²) in [5.74, 6) is 0. The van der Waals surface area contributed by atoms with Gasteiger partial charge in [0.25, 0.3) is 0 Å². The fourth-order valence-corrected chi connectivity index (χ4v) is 2.25. The van der Waals surface area contributed by atoms with Crippen molar-refractivity contribution in [2.45, 2.75) is 25.3 Å². The second-order valence-electron chi connectivity index (χ2n) is 3.63. The number of nitrogens with zero attached hydrogens (tertiary/aromatic N) is 1. The van der Waals surface area contributed by atoms with Gasteiger partial charge in [-0.25, -0.2) is 0 Å².